The Bertz CT molecular complexity index is 1610. The van der Waals surface area contributed by atoms with Gasteiger partial charge in [-0.2, -0.15) is 13.2 Å². The highest BCUT2D eigenvalue weighted by atomic mass is 28.4. The van der Waals surface area contributed by atoms with Crippen LogP contribution >= 0.6 is 0 Å². The van der Waals surface area contributed by atoms with Crippen LogP contribution in [0.25, 0.3) is 11.1 Å². The van der Waals surface area contributed by atoms with Crippen molar-refractivity contribution < 1.29 is 26.8 Å². The molecular weight excluding hydrogens is 594 g/mol. The predicted octanol–water partition coefficient (Wildman–Crippen LogP) is 10.8. The van der Waals surface area contributed by atoms with Crippen LogP contribution in [0.5, 0.6) is 0 Å². The molecule has 8 heteroatoms. The zero-order valence-corrected chi connectivity index (χ0v) is 27.2. The zero-order valence-electron chi connectivity index (χ0n) is 26.2. The monoisotopic (exact) mass is 633 g/mol. The zero-order chi connectivity index (χ0) is 32.6. The van der Waals surface area contributed by atoms with Gasteiger partial charge in [-0.1, -0.05) is 87.5 Å². The number of carbonyl (C=O) groups is 1. The molecule has 5 rings (SSSR count). The van der Waals surface area contributed by atoms with Crippen LogP contribution in [0.1, 0.15) is 62.4 Å². The normalized spacial score (nSPS) is 18.1. The largest absolute Gasteiger partial charge is 0.416 e. The van der Waals surface area contributed by atoms with Crippen molar-refractivity contribution in [1.29, 1.82) is 0 Å². The first-order valence-corrected chi connectivity index (χ1v) is 18.2. The first-order chi connectivity index (χ1) is 21.2. The summed E-state index contributed by atoms with van der Waals surface area (Å²) in [6.45, 7) is 10.9. The van der Waals surface area contributed by atoms with Crippen LogP contribution < -0.4 is 4.90 Å². The maximum absolute atomic E-state index is 13.8. The molecule has 45 heavy (non-hydrogen) atoms. The van der Waals surface area contributed by atoms with Crippen LogP contribution in [0.3, 0.4) is 0 Å². The second-order valence-corrected chi connectivity index (χ2v) is 18.0. The van der Waals surface area contributed by atoms with Crippen LogP contribution in [0.4, 0.5) is 23.2 Å². The highest BCUT2D eigenvalue weighted by molar-refractivity contribution is 6.74. The number of anilines is 1. The van der Waals surface area contributed by atoms with Gasteiger partial charge in [-0.25, -0.2) is 4.39 Å². The Morgan fingerprint density at radius 3 is 2.07 bits per heavy atom. The molecule has 4 aromatic rings. The van der Waals surface area contributed by atoms with Gasteiger partial charge in [-0.3, -0.25) is 4.79 Å². The molecule has 4 aromatic carbocycles. The molecule has 236 valence electrons. The summed E-state index contributed by atoms with van der Waals surface area (Å²) in [4.78, 5) is 15.5. The molecule has 0 unspecified atom stereocenters. The van der Waals surface area contributed by atoms with Crippen molar-refractivity contribution in [1.82, 2.24) is 0 Å². The van der Waals surface area contributed by atoms with Gasteiger partial charge in [0.1, 0.15) is 5.82 Å². The molecule has 3 atom stereocenters. The molecule has 0 saturated carbocycles. The molecule has 1 saturated heterocycles. The molecule has 0 aliphatic carbocycles. The number of halogens is 4. The van der Waals surface area contributed by atoms with E-state index in [1.54, 1.807) is 23.1 Å². The fraction of sp³-hybridized carbons (Fsp3) is 0.324. The SMILES string of the molecule is CC(C)(C)[Si](C)(C)O[C@@H](CC[C@H]1C(=O)N(c2ccccc2)[C@@H]1c1ccc(-c2cccc(C(F)(F)F)c2)cc1)c1ccc(F)cc1. The van der Waals surface area contributed by atoms with Crippen molar-refractivity contribution in [3.05, 3.63) is 126 Å². The fourth-order valence-electron chi connectivity index (χ4n) is 5.67. The molecule has 1 amide bonds. The predicted molar refractivity (Wildman–Crippen MR) is 174 cm³/mol. The molecule has 3 nitrogen and oxygen atoms in total. The average molecular weight is 634 g/mol. The molecule has 1 aliphatic heterocycles. The number of alkyl halides is 3. The van der Waals surface area contributed by atoms with Gasteiger partial charge in [-0.15, -0.1) is 0 Å². The summed E-state index contributed by atoms with van der Waals surface area (Å²) in [6, 6.07) is 28.4. The molecule has 0 bridgehead atoms. The number of benzene rings is 4. The summed E-state index contributed by atoms with van der Waals surface area (Å²) in [5, 5.41) is -0.0361. The molecular formula is C37H39F4NO2Si. The number of hydrogen-bond acceptors (Lipinski definition) is 2. The minimum Gasteiger partial charge on any atom is -0.410 e. The summed E-state index contributed by atoms with van der Waals surface area (Å²) in [5.41, 5.74) is 3.02. The topological polar surface area (TPSA) is 29.5 Å². The van der Waals surface area contributed by atoms with E-state index in [1.165, 1.54) is 18.2 Å². The quantitative estimate of drug-likeness (QED) is 0.104. The van der Waals surface area contributed by atoms with Gasteiger partial charge in [0.15, 0.2) is 8.32 Å². The van der Waals surface area contributed by atoms with Crippen molar-refractivity contribution in [2.45, 2.75) is 70.1 Å². The Balaban J connectivity index is 1.43. The van der Waals surface area contributed by atoms with Gasteiger partial charge < -0.3 is 9.33 Å². The summed E-state index contributed by atoms with van der Waals surface area (Å²) in [7, 11) is -2.21. The van der Waals surface area contributed by atoms with Gasteiger partial charge in [0.25, 0.3) is 0 Å². The van der Waals surface area contributed by atoms with Gasteiger partial charge in [0.05, 0.1) is 23.6 Å². The number of hydrogen-bond donors (Lipinski definition) is 0. The van der Waals surface area contributed by atoms with E-state index < -0.39 is 20.1 Å². The summed E-state index contributed by atoms with van der Waals surface area (Å²) >= 11 is 0. The highest BCUT2D eigenvalue weighted by Crippen LogP contribution is 2.48. The van der Waals surface area contributed by atoms with Gasteiger partial charge in [0, 0.05) is 5.69 Å². The van der Waals surface area contributed by atoms with E-state index in [-0.39, 0.29) is 34.8 Å². The minimum atomic E-state index is -4.42. The fourth-order valence-corrected chi connectivity index (χ4v) is 6.99. The number of para-hydroxylation sites is 1. The average Bonchev–Trinajstić information content (AvgIpc) is 2.99. The van der Waals surface area contributed by atoms with Crippen molar-refractivity contribution in [3.8, 4) is 11.1 Å². The van der Waals surface area contributed by atoms with Gasteiger partial charge in [0.2, 0.25) is 5.91 Å². The summed E-state index contributed by atoms with van der Waals surface area (Å²) in [6.07, 6.45) is -3.59. The molecule has 0 aromatic heterocycles. The lowest BCUT2D eigenvalue weighted by atomic mass is 9.78. The van der Waals surface area contributed by atoms with Crippen LogP contribution in [-0.4, -0.2) is 14.2 Å². The van der Waals surface area contributed by atoms with Gasteiger partial charge >= 0.3 is 6.18 Å². The highest BCUT2D eigenvalue weighted by Gasteiger charge is 2.49. The second kappa shape index (κ2) is 12.6. The molecule has 1 heterocycles. The Hall–Kier alpha value is -3.75. The lowest BCUT2D eigenvalue weighted by molar-refractivity contribution is -0.137. The van der Waals surface area contributed by atoms with Gasteiger partial charge in [-0.05, 0) is 89.6 Å². The van der Waals surface area contributed by atoms with E-state index in [9.17, 15) is 22.4 Å². The number of β-lactam (4-membered cyclic amide) rings is 1. The van der Waals surface area contributed by atoms with Crippen molar-refractivity contribution in [3.63, 3.8) is 0 Å². The smallest absolute Gasteiger partial charge is 0.410 e. The molecule has 0 spiro atoms. The second-order valence-electron chi connectivity index (χ2n) is 13.3. The lowest BCUT2D eigenvalue weighted by Gasteiger charge is -2.48. The van der Waals surface area contributed by atoms with E-state index in [4.69, 9.17) is 4.43 Å². The molecule has 0 radical (unpaired) electrons. The Morgan fingerprint density at radius 2 is 1.47 bits per heavy atom. The van der Waals surface area contributed by atoms with Crippen molar-refractivity contribution >= 4 is 19.9 Å². The first-order valence-electron chi connectivity index (χ1n) is 15.2. The third-order valence-corrected chi connectivity index (χ3v) is 13.7. The van der Waals surface area contributed by atoms with E-state index in [1.807, 2.05) is 54.6 Å². The first kappa shape index (κ1) is 32.6. The van der Waals surface area contributed by atoms with Crippen LogP contribution in [0.15, 0.2) is 103 Å². The van der Waals surface area contributed by atoms with Crippen LogP contribution in [0, 0.1) is 11.7 Å². The third kappa shape index (κ3) is 7.07. The maximum atomic E-state index is 13.8. The molecule has 1 fully saturated rings. The number of nitrogens with zero attached hydrogens (tertiary/aromatic N) is 1. The Morgan fingerprint density at radius 1 is 0.822 bits per heavy atom. The number of amides is 1. The molecule has 0 N–H and O–H groups in total. The Labute approximate surface area is 264 Å². The van der Waals surface area contributed by atoms with E-state index in [0.717, 1.165) is 28.9 Å². The van der Waals surface area contributed by atoms with Crippen molar-refractivity contribution in [2.24, 2.45) is 5.92 Å². The van der Waals surface area contributed by atoms with E-state index in [2.05, 4.69) is 33.9 Å². The minimum absolute atomic E-state index is 0.0123. The van der Waals surface area contributed by atoms with Crippen molar-refractivity contribution in [2.75, 3.05) is 4.90 Å². The lowest BCUT2D eigenvalue weighted by Crippen LogP contribution is -2.55. The maximum Gasteiger partial charge on any atom is 0.416 e. The summed E-state index contributed by atoms with van der Waals surface area (Å²) in [5.74, 6) is -0.625. The van der Waals surface area contributed by atoms with E-state index in [0.29, 0.717) is 24.0 Å². The standard InChI is InChI=1S/C37H39F4NO2Si/c1-36(2,3)45(4,5)44-33(26-18-20-30(38)21-19-26)23-22-32-34(42(35(32)43)31-12-7-6-8-13-31)27-16-14-25(15-17-27)28-10-9-11-29(24-28)37(39,40)41/h6-21,24,32-34H,22-23H2,1-5H3/t32-,33+,34-/m1/s1. The third-order valence-electron chi connectivity index (χ3n) is 9.25. The number of rotatable bonds is 9. The number of carbonyl (C=O) groups excluding carboxylic acids is 1. The van der Waals surface area contributed by atoms with Crippen LogP contribution in [-0.2, 0) is 15.4 Å². The summed E-state index contributed by atoms with van der Waals surface area (Å²) < 4.78 is 60.7. The van der Waals surface area contributed by atoms with E-state index >= 15 is 0 Å². The van der Waals surface area contributed by atoms with Crippen LogP contribution in [0.2, 0.25) is 18.1 Å². The molecule has 1 aliphatic rings. The Kier molecular flexibility index (Phi) is 9.11.